The van der Waals surface area contributed by atoms with E-state index < -0.39 is 21.3 Å². The number of hydrogen-bond donors (Lipinski definition) is 2. The van der Waals surface area contributed by atoms with Crippen LogP contribution >= 0.6 is 0 Å². The number of hydrogen-bond acceptors (Lipinski definition) is 3. The Balaban J connectivity index is 3.02. The molecule has 1 rings (SSSR count). The highest BCUT2D eigenvalue weighted by molar-refractivity contribution is 7.86. The summed E-state index contributed by atoms with van der Waals surface area (Å²) in [5.41, 5.74) is 5.89. The molecule has 0 aromatic heterocycles. The molecule has 1 aromatic carbocycles. The molecule has 98 valence electrons. The third-order valence-corrected chi connectivity index (χ3v) is 3.55. The maximum absolute atomic E-state index is 11.3. The lowest BCUT2D eigenvalue weighted by Gasteiger charge is -2.10. The van der Waals surface area contributed by atoms with E-state index in [1.54, 1.807) is 30.3 Å². The van der Waals surface area contributed by atoms with Crippen molar-refractivity contribution in [2.75, 3.05) is 0 Å². The van der Waals surface area contributed by atoms with Gasteiger partial charge < -0.3 is 5.73 Å². The highest BCUT2D eigenvalue weighted by Crippen LogP contribution is 2.12. The quantitative estimate of drug-likeness (QED) is 0.613. The Labute approximate surface area is 106 Å². The molecule has 0 aliphatic rings. The highest BCUT2D eigenvalue weighted by Gasteiger charge is 2.21. The van der Waals surface area contributed by atoms with E-state index in [1.165, 1.54) is 13.0 Å². The predicted octanol–water partition coefficient (Wildman–Crippen LogP) is 0.917. The second-order valence-corrected chi connectivity index (χ2v) is 5.59. The van der Waals surface area contributed by atoms with Crippen molar-refractivity contribution >= 4 is 16.0 Å². The first-order chi connectivity index (χ1) is 8.30. The van der Waals surface area contributed by atoms with E-state index in [1.807, 2.05) is 0 Å². The lowest BCUT2D eigenvalue weighted by molar-refractivity contribution is -0.114. The van der Waals surface area contributed by atoms with Gasteiger partial charge in [0.1, 0.15) is 5.25 Å². The van der Waals surface area contributed by atoms with E-state index >= 15 is 0 Å². The lowest BCUT2D eigenvalue weighted by atomic mass is 10.1. The van der Waals surface area contributed by atoms with Gasteiger partial charge in [0.15, 0.2) is 0 Å². The van der Waals surface area contributed by atoms with Crippen molar-refractivity contribution in [3.05, 3.63) is 47.5 Å². The summed E-state index contributed by atoms with van der Waals surface area (Å²) in [6, 6.07) is 8.82. The van der Waals surface area contributed by atoms with Gasteiger partial charge in [-0.05, 0) is 18.9 Å². The van der Waals surface area contributed by atoms with Crippen LogP contribution in [0, 0.1) is 0 Å². The monoisotopic (exact) mass is 269 g/mol. The SMILES string of the molecule is CC(=CC(Cc1ccccc1)S(=O)(=O)O)C(N)=O. The van der Waals surface area contributed by atoms with Crippen molar-refractivity contribution in [1.29, 1.82) is 0 Å². The number of benzene rings is 1. The number of nitrogens with two attached hydrogens (primary N) is 1. The minimum Gasteiger partial charge on any atom is -0.366 e. The summed E-state index contributed by atoms with van der Waals surface area (Å²) >= 11 is 0. The Hall–Kier alpha value is -1.66. The molecule has 18 heavy (non-hydrogen) atoms. The molecule has 0 saturated carbocycles. The van der Waals surface area contributed by atoms with Crippen LogP contribution in [0.3, 0.4) is 0 Å². The third-order valence-electron chi connectivity index (χ3n) is 2.49. The molecule has 1 amide bonds. The number of amides is 1. The standard InChI is InChI=1S/C12H15NO4S/c1-9(12(13)14)7-11(18(15,16)17)8-10-5-3-2-4-6-10/h2-7,11H,8H2,1H3,(H2,13,14)(H,15,16,17). The van der Waals surface area contributed by atoms with Gasteiger partial charge in [0, 0.05) is 5.57 Å². The number of primary amides is 1. The van der Waals surface area contributed by atoms with Crippen LogP contribution in [0.2, 0.25) is 0 Å². The summed E-state index contributed by atoms with van der Waals surface area (Å²) in [5.74, 6) is -0.711. The van der Waals surface area contributed by atoms with E-state index in [0.717, 1.165) is 5.56 Å². The van der Waals surface area contributed by atoms with Crippen LogP contribution in [0.1, 0.15) is 12.5 Å². The zero-order chi connectivity index (χ0) is 13.8. The molecule has 1 unspecified atom stereocenters. The van der Waals surface area contributed by atoms with Gasteiger partial charge in [0.05, 0.1) is 0 Å². The van der Waals surface area contributed by atoms with E-state index in [9.17, 15) is 13.2 Å². The number of carbonyl (C=O) groups is 1. The first-order valence-electron chi connectivity index (χ1n) is 5.29. The molecule has 0 saturated heterocycles. The van der Waals surface area contributed by atoms with Crippen molar-refractivity contribution in [2.24, 2.45) is 5.73 Å². The van der Waals surface area contributed by atoms with Gasteiger partial charge in [-0.1, -0.05) is 36.4 Å². The van der Waals surface area contributed by atoms with Crippen LogP contribution in [-0.4, -0.2) is 24.1 Å². The van der Waals surface area contributed by atoms with Crippen molar-refractivity contribution in [2.45, 2.75) is 18.6 Å². The third kappa shape index (κ3) is 4.31. The minimum atomic E-state index is -4.28. The van der Waals surface area contributed by atoms with Gasteiger partial charge in [-0.15, -0.1) is 0 Å². The Morgan fingerprint density at radius 2 is 1.94 bits per heavy atom. The van der Waals surface area contributed by atoms with Gasteiger partial charge in [-0.2, -0.15) is 8.42 Å². The van der Waals surface area contributed by atoms with E-state index in [2.05, 4.69) is 0 Å². The molecular formula is C12H15NO4S. The Morgan fingerprint density at radius 3 is 2.39 bits per heavy atom. The normalized spacial score (nSPS) is 14.2. The van der Waals surface area contributed by atoms with E-state index in [-0.39, 0.29) is 12.0 Å². The van der Waals surface area contributed by atoms with Crippen LogP contribution in [-0.2, 0) is 21.3 Å². The van der Waals surface area contributed by atoms with Crippen LogP contribution in [0.15, 0.2) is 42.0 Å². The number of carbonyl (C=O) groups excluding carboxylic acids is 1. The van der Waals surface area contributed by atoms with Crippen molar-refractivity contribution in [1.82, 2.24) is 0 Å². The predicted molar refractivity (Wildman–Crippen MR) is 68.4 cm³/mol. The largest absolute Gasteiger partial charge is 0.366 e. The first-order valence-corrected chi connectivity index (χ1v) is 6.79. The zero-order valence-corrected chi connectivity index (χ0v) is 10.7. The van der Waals surface area contributed by atoms with Crippen LogP contribution in [0.4, 0.5) is 0 Å². The lowest BCUT2D eigenvalue weighted by Crippen LogP contribution is -2.23. The zero-order valence-electron chi connectivity index (χ0n) is 9.91. The molecule has 3 N–H and O–H groups in total. The highest BCUT2D eigenvalue weighted by atomic mass is 32.2. The Bertz CT molecular complexity index is 549. The molecule has 1 aromatic rings. The first kappa shape index (κ1) is 14.4. The van der Waals surface area contributed by atoms with Gasteiger partial charge in [0.2, 0.25) is 5.91 Å². The molecule has 0 bridgehead atoms. The minimum absolute atomic E-state index is 0.0876. The van der Waals surface area contributed by atoms with Crippen molar-refractivity contribution < 1.29 is 17.8 Å². The van der Waals surface area contributed by atoms with Gasteiger partial charge in [-0.3, -0.25) is 9.35 Å². The second kappa shape index (κ2) is 5.79. The molecular weight excluding hydrogens is 254 g/mol. The van der Waals surface area contributed by atoms with Gasteiger partial charge >= 0.3 is 0 Å². The summed E-state index contributed by atoms with van der Waals surface area (Å²) in [7, 11) is -4.28. The Kier molecular flexibility index (Phi) is 4.63. The summed E-state index contributed by atoms with van der Waals surface area (Å²) in [6.45, 7) is 1.41. The Morgan fingerprint density at radius 1 is 1.39 bits per heavy atom. The summed E-state index contributed by atoms with van der Waals surface area (Å²) in [5, 5.41) is -1.17. The fourth-order valence-electron chi connectivity index (χ4n) is 1.46. The van der Waals surface area contributed by atoms with Gasteiger partial charge in [-0.25, -0.2) is 0 Å². The van der Waals surface area contributed by atoms with Gasteiger partial charge in [0.25, 0.3) is 10.1 Å². The fraction of sp³-hybridized carbons (Fsp3) is 0.250. The van der Waals surface area contributed by atoms with Crippen LogP contribution in [0.5, 0.6) is 0 Å². The molecule has 1 atom stereocenters. The molecule has 0 radical (unpaired) electrons. The van der Waals surface area contributed by atoms with Crippen LogP contribution in [0.25, 0.3) is 0 Å². The van der Waals surface area contributed by atoms with Crippen LogP contribution < -0.4 is 5.73 Å². The summed E-state index contributed by atoms with van der Waals surface area (Å²) in [6.07, 6.45) is 1.26. The second-order valence-electron chi connectivity index (χ2n) is 3.96. The molecule has 0 spiro atoms. The molecule has 5 nitrogen and oxygen atoms in total. The van der Waals surface area contributed by atoms with Crippen molar-refractivity contribution in [3.63, 3.8) is 0 Å². The van der Waals surface area contributed by atoms with E-state index in [4.69, 9.17) is 10.3 Å². The molecule has 6 heteroatoms. The topological polar surface area (TPSA) is 97.5 Å². The average Bonchev–Trinajstić information content (AvgIpc) is 2.28. The molecule has 0 fully saturated rings. The maximum Gasteiger partial charge on any atom is 0.271 e. The van der Waals surface area contributed by atoms with E-state index in [0.29, 0.717) is 0 Å². The number of rotatable bonds is 5. The molecule has 0 heterocycles. The molecule has 0 aliphatic carbocycles. The molecule has 0 aliphatic heterocycles. The summed E-state index contributed by atoms with van der Waals surface area (Å²) in [4.78, 5) is 10.9. The smallest absolute Gasteiger partial charge is 0.271 e. The summed E-state index contributed by atoms with van der Waals surface area (Å²) < 4.78 is 31.7. The average molecular weight is 269 g/mol. The fourth-order valence-corrected chi connectivity index (χ4v) is 2.24. The van der Waals surface area contributed by atoms with Crippen molar-refractivity contribution in [3.8, 4) is 0 Å². The maximum atomic E-state index is 11.3.